The van der Waals surface area contributed by atoms with Crippen molar-refractivity contribution in [3.8, 4) is 0 Å². The van der Waals surface area contributed by atoms with Crippen molar-refractivity contribution in [3.05, 3.63) is 0 Å². The third kappa shape index (κ3) is 5.16. The van der Waals surface area contributed by atoms with Crippen molar-refractivity contribution in [2.75, 3.05) is 30.9 Å². The molecule has 0 spiro atoms. The first-order valence-corrected chi connectivity index (χ1v) is 9.01. The van der Waals surface area contributed by atoms with Gasteiger partial charge >= 0.3 is 0 Å². The summed E-state index contributed by atoms with van der Waals surface area (Å²) >= 11 is 1.84. The van der Waals surface area contributed by atoms with E-state index in [4.69, 9.17) is 5.73 Å². The summed E-state index contributed by atoms with van der Waals surface area (Å²) in [5, 5.41) is 0. The summed E-state index contributed by atoms with van der Waals surface area (Å²) in [6.45, 7) is 5.56. The quantitative estimate of drug-likeness (QED) is 0.795. The Morgan fingerprint density at radius 3 is 2.61 bits per heavy atom. The number of amides is 1. The van der Waals surface area contributed by atoms with E-state index in [1.165, 1.54) is 0 Å². The lowest BCUT2D eigenvalue weighted by atomic mass is 10.1. The van der Waals surface area contributed by atoms with Crippen molar-refractivity contribution in [1.29, 1.82) is 0 Å². The van der Waals surface area contributed by atoms with Gasteiger partial charge < -0.3 is 10.6 Å². The van der Waals surface area contributed by atoms with Crippen LogP contribution in [0.25, 0.3) is 0 Å². The van der Waals surface area contributed by atoms with Crippen LogP contribution in [-0.2, 0) is 14.6 Å². The molecule has 1 unspecified atom stereocenters. The van der Waals surface area contributed by atoms with Gasteiger partial charge in [-0.2, -0.15) is 11.8 Å². The minimum Gasteiger partial charge on any atom is -0.339 e. The highest BCUT2D eigenvalue weighted by Gasteiger charge is 2.31. The predicted octanol–water partition coefficient (Wildman–Crippen LogP) is 0.102. The Morgan fingerprint density at radius 1 is 1.50 bits per heavy atom. The molecule has 106 valence electrons. The highest BCUT2D eigenvalue weighted by atomic mass is 32.2. The van der Waals surface area contributed by atoms with E-state index in [-0.39, 0.29) is 22.8 Å². The van der Waals surface area contributed by atoms with Crippen LogP contribution in [0.15, 0.2) is 0 Å². The van der Waals surface area contributed by atoms with E-state index < -0.39 is 15.9 Å². The number of rotatable bonds is 4. The molecule has 5 nitrogen and oxygen atoms in total. The Balaban J connectivity index is 2.53. The Bertz CT molecular complexity index is 407. The zero-order chi connectivity index (χ0) is 14.0. The highest BCUT2D eigenvalue weighted by Crippen LogP contribution is 2.29. The fraction of sp³-hybridized carbons (Fsp3) is 0.909. The molecule has 1 atom stereocenters. The van der Waals surface area contributed by atoms with Gasteiger partial charge in [-0.25, -0.2) is 8.42 Å². The Hall–Kier alpha value is -0.270. The first kappa shape index (κ1) is 15.8. The molecule has 0 aliphatic carbocycles. The molecule has 1 aliphatic rings. The van der Waals surface area contributed by atoms with Crippen molar-refractivity contribution in [2.24, 2.45) is 5.73 Å². The smallest absolute Gasteiger partial charge is 0.239 e. The van der Waals surface area contributed by atoms with Crippen LogP contribution in [0, 0.1) is 0 Å². The van der Waals surface area contributed by atoms with Gasteiger partial charge in [0.05, 0.1) is 11.8 Å². The van der Waals surface area contributed by atoms with Crippen LogP contribution in [0.5, 0.6) is 0 Å². The minimum atomic E-state index is -3.06. The number of thioether (sulfide) groups is 1. The van der Waals surface area contributed by atoms with Crippen molar-refractivity contribution < 1.29 is 13.2 Å². The van der Waals surface area contributed by atoms with E-state index in [1.807, 2.05) is 11.8 Å². The minimum absolute atomic E-state index is 0.0358. The van der Waals surface area contributed by atoms with Crippen molar-refractivity contribution >= 4 is 27.5 Å². The van der Waals surface area contributed by atoms with E-state index >= 15 is 0 Å². The fourth-order valence-corrected chi connectivity index (χ4v) is 3.70. The van der Waals surface area contributed by atoms with Crippen LogP contribution in [0.3, 0.4) is 0 Å². The van der Waals surface area contributed by atoms with E-state index in [0.29, 0.717) is 13.1 Å². The average Bonchev–Trinajstić information content (AvgIpc) is 2.22. The molecule has 1 aliphatic heterocycles. The molecule has 0 aromatic heterocycles. The monoisotopic (exact) mass is 294 g/mol. The number of carbonyl (C=O) groups excluding carboxylic acids is 1. The standard InChI is InChI=1S/C11H22N2O3S2/c1-11(2)8-13(5-6-17-11)10(14)9(12)4-7-18(3,15)16/h9H,4-8,12H2,1-3H3. The molecule has 7 heteroatoms. The summed E-state index contributed by atoms with van der Waals surface area (Å²) in [6.07, 6.45) is 1.35. The summed E-state index contributed by atoms with van der Waals surface area (Å²) in [7, 11) is -3.06. The van der Waals surface area contributed by atoms with Crippen LogP contribution in [0.1, 0.15) is 20.3 Å². The first-order valence-electron chi connectivity index (χ1n) is 5.97. The summed E-state index contributed by atoms with van der Waals surface area (Å²) < 4.78 is 22.2. The Morgan fingerprint density at radius 2 is 2.11 bits per heavy atom. The fourth-order valence-electron chi connectivity index (χ4n) is 1.90. The molecule has 0 radical (unpaired) electrons. The van der Waals surface area contributed by atoms with Gasteiger partial charge in [0.1, 0.15) is 9.84 Å². The predicted molar refractivity (Wildman–Crippen MR) is 75.4 cm³/mol. The number of hydrogen-bond acceptors (Lipinski definition) is 5. The maximum Gasteiger partial charge on any atom is 0.239 e. The molecule has 1 amide bonds. The zero-order valence-corrected chi connectivity index (χ0v) is 12.8. The van der Waals surface area contributed by atoms with Crippen LogP contribution < -0.4 is 5.73 Å². The summed E-state index contributed by atoms with van der Waals surface area (Å²) in [6, 6.07) is -0.710. The number of nitrogens with two attached hydrogens (primary N) is 1. The van der Waals surface area contributed by atoms with Gasteiger partial charge in [-0.15, -0.1) is 0 Å². The average molecular weight is 294 g/mol. The molecule has 0 aromatic carbocycles. The molecule has 1 saturated heterocycles. The van der Waals surface area contributed by atoms with Gasteiger partial charge in [0.2, 0.25) is 5.91 Å². The lowest BCUT2D eigenvalue weighted by molar-refractivity contribution is -0.132. The topological polar surface area (TPSA) is 80.5 Å². The molecule has 1 heterocycles. The maximum absolute atomic E-state index is 12.1. The number of sulfone groups is 1. The molecule has 0 bridgehead atoms. The molecular weight excluding hydrogens is 272 g/mol. The number of hydrogen-bond donors (Lipinski definition) is 1. The first-order chi connectivity index (χ1) is 8.11. The van der Waals surface area contributed by atoms with Gasteiger partial charge in [0.25, 0.3) is 0 Å². The Kier molecular flexibility index (Phi) is 5.08. The van der Waals surface area contributed by atoms with Crippen LogP contribution in [-0.4, -0.2) is 60.9 Å². The molecule has 18 heavy (non-hydrogen) atoms. The molecule has 1 rings (SSSR count). The molecule has 0 saturated carbocycles. The second-order valence-electron chi connectivity index (χ2n) is 5.39. The van der Waals surface area contributed by atoms with Gasteiger partial charge in [-0.3, -0.25) is 4.79 Å². The zero-order valence-electron chi connectivity index (χ0n) is 11.2. The summed E-state index contributed by atoms with van der Waals surface area (Å²) in [5.41, 5.74) is 5.78. The van der Waals surface area contributed by atoms with Crippen molar-refractivity contribution in [2.45, 2.75) is 31.1 Å². The van der Waals surface area contributed by atoms with Gasteiger partial charge in [-0.05, 0) is 20.3 Å². The van der Waals surface area contributed by atoms with E-state index in [2.05, 4.69) is 13.8 Å². The molecule has 1 fully saturated rings. The second kappa shape index (κ2) is 5.79. The maximum atomic E-state index is 12.1. The number of carbonyl (C=O) groups is 1. The van der Waals surface area contributed by atoms with E-state index in [1.54, 1.807) is 4.90 Å². The van der Waals surface area contributed by atoms with Gasteiger partial charge in [0, 0.05) is 29.8 Å². The molecule has 0 aromatic rings. The van der Waals surface area contributed by atoms with Gasteiger partial charge in [0.15, 0.2) is 0 Å². The van der Waals surface area contributed by atoms with E-state index in [0.717, 1.165) is 12.0 Å². The molecule has 2 N–H and O–H groups in total. The van der Waals surface area contributed by atoms with Crippen LogP contribution in [0.4, 0.5) is 0 Å². The highest BCUT2D eigenvalue weighted by molar-refractivity contribution is 8.00. The lowest BCUT2D eigenvalue weighted by Gasteiger charge is -2.38. The summed E-state index contributed by atoms with van der Waals surface area (Å²) in [4.78, 5) is 13.9. The second-order valence-corrected chi connectivity index (χ2v) is 9.45. The van der Waals surface area contributed by atoms with Crippen LogP contribution in [0.2, 0.25) is 0 Å². The van der Waals surface area contributed by atoms with Crippen molar-refractivity contribution in [1.82, 2.24) is 4.90 Å². The van der Waals surface area contributed by atoms with Crippen molar-refractivity contribution in [3.63, 3.8) is 0 Å². The normalized spacial score (nSPS) is 21.7. The largest absolute Gasteiger partial charge is 0.339 e. The third-order valence-electron chi connectivity index (χ3n) is 2.85. The lowest BCUT2D eigenvalue weighted by Crippen LogP contribution is -2.52. The molecular formula is C11H22N2O3S2. The summed E-state index contributed by atoms with van der Waals surface area (Å²) in [5.74, 6) is 0.732. The van der Waals surface area contributed by atoms with Crippen LogP contribution >= 0.6 is 11.8 Å². The SMILES string of the molecule is CC1(C)CN(C(=O)C(N)CCS(C)(=O)=O)CCS1. The third-order valence-corrected chi connectivity index (χ3v) is 5.13. The van der Waals surface area contributed by atoms with E-state index in [9.17, 15) is 13.2 Å². The van der Waals surface area contributed by atoms with Gasteiger partial charge in [-0.1, -0.05) is 0 Å². The Labute approximate surface area is 113 Å². The number of nitrogens with zero attached hydrogens (tertiary/aromatic N) is 1.